The first-order valence-electron chi connectivity index (χ1n) is 30.3. The highest BCUT2D eigenvalue weighted by Crippen LogP contribution is 2.38. The van der Waals surface area contributed by atoms with E-state index in [2.05, 4.69) is 10.6 Å². The van der Waals surface area contributed by atoms with Crippen LogP contribution in [-0.4, -0.2) is 340 Å². The zero-order valence-electron chi connectivity index (χ0n) is 50.4. The molecule has 532 valence electrons. The Bertz CT molecular complexity index is 2480. The number of hydrogen-bond acceptors (Lipinski definition) is 35. The molecule has 7 rings (SSSR count). The van der Waals surface area contributed by atoms with Crippen molar-refractivity contribution in [3.05, 3.63) is 34.4 Å². The van der Waals surface area contributed by atoms with Crippen LogP contribution in [0.3, 0.4) is 0 Å². The van der Waals surface area contributed by atoms with Gasteiger partial charge in [0.2, 0.25) is 11.8 Å². The number of nitro benzene ring substituents is 1. The fourth-order valence-electron chi connectivity index (χ4n) is 11.3. The van der Waals surface area contributed by atoms with Crippen molar-refractivity contribution in [2.45, 2.75) is 243 Å². The number of ether oxygens (including phenoxy) is 13. The van der Waals surface area contributed by atoms with Crippen LogP contribution in [0.2, 0.25) is 0 Å². The molecule has 0 saturated carbocycles. The third-order valence-electron chi connectivity index (χ3n) is 16.5. The molecule has 0 spiro atoms. The molecule has 19 N–H and O–H groups in total. The number of aliphatic hydroxyl groups is 17. The summed E-state index contributed by atoms with van der Waals surface area (Å²) in [5, 5.41) is 202. The second-order valence-electron chi connectivity index (χ2n) is 23.2. The Balaban J connectivity index is 0.921. The highest BCUT2D eigenvalue weighted by molar-refractivity contribution is 5.76. The molecular weight excluding hydrogens is 1260 g/mol. The molecule has 0 bridgehead atoms. The van der Waals surface area contributed by atoms with Crippen molar-refractivity contribution in [1.29, 1.82) is 0 Å². The lowest BCUT2D eigenvalue weighted by molar-refractivity contribution is -0.393. The van der Waals surface area contributed by atoms with Gasteiger partial charge in [0.05, 0.1) is 44.1 Å². The quantitative estimate of drug-likeness (QED) is 0.0112. The van der Waals surface area contributed by atoms with E-state index in [4.69, 9.17) is 61.6 Å². The van der Waals surface area contributed by atoms with E-state index in [0.717, 1.165) is 6.92 Å². The molecule has 6 fully saturated rings. The van der Waals surface area contributed by atoms with E-state index in [-0.39, 0.29) is 36.8 Å². The van der Waals surface area contributed by atoms with Crippen LogP contribution in [-0.2, 0) is 71.2 Å². The average molecular weight is 1350 g/mol. The minimum atomic E-state index is -2.25. The number of nitrogens with one attached hydrogen (secondary N) is 2. The Labute approximate surface area is 529 Å². The lowest BCUT2D eigenvalue weighted by Gasteiger charge is -2.51. The predicted octanol–water partition coefficient (Wildman–Crippen LogP) is -9.54. The van der Waals surface area contributed by atoms with E-state index < -0.39 is 234 Å². The molecule has 38 nitrogen and oxygen atoms in total. The number of nitro groups is 1. The Morgan fingerprint density at radius 1 is 0.473 bits per heavy atom. The molecule has 0 aliphatic carbocycles. The zero-order chi connectivity index (χ0) is 68.1. The number of carbonyl (C=O) groups excluding carboxylic acids is 3. The molecule has 6 aliphatic heterocycles. The molecule has 93 heavy (non-hydrogen) atoms. The van der Waals surface area contributed by atoms with E-state index in [1.165, 1.54) is 31.2 Å². The number of aliphatic hydroxyl groups excluding tert-OH is 17. The standard InChI is InChI=1S/C55H87N3O35/c1-21-33(67)37(71)41(75)52(82-21)93-49-38(72)34(68)25(16-59)86-55(49)91-47-32(57-22(2)64)50(84-26(17-60)35(47)69)92-48-36(70)27(18-61)85-54(44(48)78)90-46-29(20-63)88-53(43(77)40(46)74)89-45-28(19-62)87-51(42(76)39(45)73)81-15-7-3-6-14-56-30(65)8-4-5-9-31(66)83-24-12-10-23(11-13-24)58(79)80/h10-13,21,25-29,32-55,59-63,67-78H,3-9,14-20H2,1-2H3,(H,56,65)(H,57,64)/t21?,25?,26?,27?,28?,29?,32-,33?,34-,35-,36-,37-,38?,39?,40?,41-,42?,43-,44?,45+,46-,47?,48-,49?,50-,51+,52-,53-,54+,55-/m0/s1. The first-order chi connectivity index (χ1) is 44.3. The van der Waals surface area contributed by atoms with E-state index in [9.17, 15) is 111 Å². The number of nitrogens with zero attached hydrogens (tertiary/aromatic N) is 1. The van der Waals surface area contributed by atoms with Gasteiger partial charge in [-0.15, -0.1) is 0 Å². The number of hydrogen-bond donors (Lipinski definition) is 19. The third kappa shape index (κ3) is 19.0. The molecule has 6 heterocycles. The van der Waals surface area contributed by atoms with Crippen LogP contribution in [0.4, 0.5) is 5.69 Å². The SMILES string of the molecule is CC(=O)N[C@H]1C(O[C@@H]2OC(CO)[C@H](O)C(O)C2O[C@@H]2OC(C)C(O)[C@H](O)[C@@H]2O)[C@@H](O)C(CO)O[C@H]1O[C@@H]1C(O)[C@@H](O[C@H]2C(CO)O[C@@H](O[C@@H]3C(CO)O[C@@H](OCCCCCNC(=O)CCCCC(=O)Oc4ccc([N+](=O)[O-])cc4)C(O)C3O)[C@@H](O)C2O)OC(CO)[C@@H]1O. The summed E-state index contributed by atoms with van der Waals surface area (Å²) in [6.07, 6.45) is -52.1. The summed E-state index contributed by atoms with van der Waals surface area (Å²) >= 11 is 0. The summed E-state index contributed by atoms with van der Waals surface area (Å²) in [7, 11) is 0. The van der Waals surface area contributed by atoms with Crippen LogP contribution in [0, 0.1) is 10.1 Å². The topological polar surface area (TPSA) is 582 Å². The lowest BCUT2D eigenvalue weighted by atomic mass is 9.94. The number of esters is 1. The minimum Gasteiger partial charge on any atom is -0.427 e. The number of carbonyl (C=O) groups is 3. The Morgan fingerprint density at radius 3 is 1.53 bits per heavy atom. The van der Waals surface area contributed by atoms with Crippen molar-refractivity contribution >= 4 is 23.5 Å². The largest absolute Gasteiger partial charge is 0.427 e. The van der Waals surface area contributed by atoms with Gasteiger partial charge in [0.15, 0.2) is 37.7 Å². The fraction of sp³-hybridized carbons (Fsp3) is 0.836. The van der Waals surface area contributed by atoms with Crippen LogP contribution in [0.25, 0.3) is 0 Å². The molecule has 0 radical (unpaired) electrons. The molecule has 0 aromatic heterocycles. The van der Waals surface area contributed by atoms with Gasteiger partial charge in [-0.25, -0.2) is 0 Å². The number of non-ortho nitro benzene ring substituents is 1. The van der Waals surface area contributed by atoms with E-state index in [0.29, 0.717) is 38.6 Å². The van der Waals surface area contributed by atoms with Crippen molar-refractivity contribution in [2.75, 3.05) is 46.2 Å². The second kappa shape index (κ2) is 35.4. The summed E-state index contributed by atoms with van der Waals surface area (Å²) in [6.45, 7) is -2.36. The summed E-state index contributed by atoms with van der Waals surface area (Å²) in [5.74, 6) is -1.53. The highest BCUT2D eigenvalue weighted by Gasteiger charge is 2.58. The molecule has 2 amide bonds. The maximum atomic E-state index is 12.9. The summed E-state index contributed by atoms with van der Waals surface area (Å²) < 4.78 is 74.7. The Kier molecular flexibility index (Phi) is 29.0. The number of amides is 2. The summed E-state index contributed by atoms with van der Waals surface area (Å²) in [4.78, 5) is 47.5. The number of rotatable bonds is 30. The fourth-order valence-corrected chi connectivity index (χ4v) is 11.3. The number of unbranched alkanes of at least 4 members (excludes halogenated alkanes) is 3. The molecule has 38 heteroatoms. The number of benzene rings is 1. The third-order valence-corrected chi connectivity index (χ3v) is 16.5. The summed E-state index contributed by atoms with van der Waals surface area (Å²) in [5.41, 5.74) is -0.154. The molecule has 6 saturated heterocycles. The van der Waals surface area contributed by atoms with Gasteiger partial charge in [0.25, 0.3) is 5.69 Å². The van der Waals surface area contributed by atoms with Gasteiger partial charge in [-0.2, -0.15) is 0 Å². The van der Waals surface area contributed by atoms with Gasteiger partial charge in [-0.1, -0.05) is 0 Å². The first-order valence-corrected chi connectivity index (χ1v) is 30.3. The first kappa shape index (κ1) is 76.2. The van der Waals surface area contributed by atoms with E-state index in [1.807, 2.05) is 0 Å². The Morgan fingerprint density at radius 2 is 0.935 bits per heavy atom. The van der Waals surface area contributed by atoms with Crippen LogP contribution in [0.15, 0.2) is 24.3 Å². The Hall–Kier alpha value is -4.13. The normalized spacial score (nSPS) is 41.5. The van der Waals surface area contributed by atoms with Gasteiger partial charge in [-0.05, 0) is 51.2 Å². The van der Waals surface area contributed by atoms with Crippen LogP contribution in [0.5, 0.6) is 5.75 Å². The monoisotopic (exact) mass is 1350 g/mol. The van der Waals surface area contributed by atoms with Crippen LogP contribution in [0.1, 0.15) is 58.8 Å². The van der Waals surface area contributed by atoms with Gasteiger partial charge in [0.1, 0.15) is 146 Å². The molecule has 1 aromatic carbocycles. The van der Waals surface area contributed by atoms with Crippen molar-refractivity contribution < 1.29 is 168 Å². The van der Waals surface area contributed by atoms with E-state index >= 15 is 0 Å². The van der Waals surface area contributed by atoms with Gasteiger partial charge < -0.3 is 159 Å². The maximum absolute atomic E-state index is 12.9. The summed E-state index contributed by atoms with van der Waals surface area (Å²) in [6, 6.07) is 3.21. The highest BCUT2D eigenvalue weighted by atomic mass is 16.8. The van der Waals surface area contributed by atoms with Crippen LogP contribution >= 0.6 is 0 Å². The molecular formula is C55H87N3O35. The molecule has 14 unspecified atom stereocenters. The van der Waals surface area contributed by atoms with Crippen molar-refractivity contribution in [3.8, 4) is 5.75 Å². The molecule has 30 atom stereocenters. The average Bonchev–Trinajstić information content (AvgIpc) is 0.785. The van der Waals surface area contributed by atoms with Gasteiger partial charge in [0, 0.05) is 45.0 Å². The van der Waals surface area contributed by atoms with Gasteiger partial charge in [-0.3, -0.25) is 24.5 Å². The molecule has 1 aromatic rings. The van der Waals surface area contributed by atoms with Crippen LogP contribution < -0.4 is 15.4 Å². The second-order valence-corrected chi connectivity index (χ2v) is 23.2. The minimum absolute atomic E-state index is 0.0234. The molecule has 6 aliphatic rings. The van der Waals surface area contributed by atoms with Crippen molar-refractivity contribution in [1.82, 2.24) is 10.6 Å². The van der Waals surface area contributed by atoms with Crippen molar-refractivity contribution in [2.24, 2.45) is 0 Å². The maximum Gasteiger partial charge on any atom is 0.311 e. The van der Waals surface area contributed by atoms with Gasteiger partial charge >= 0.3 is 5.97 Å². The lowest BCUT2D eigenvalue weighted by Crippen LogP contribution is -2.70. The smallest absolute Gasteiger partial charge is 0.311 e. The van der Waals surface area contributed by atoms with E-state index in [1.54, 1.807) is 0 Å². The van der Waals surface area contributed by atoms with Crippen molar-refractivity contribution in [3.63, 3.8) is 0 Å². The predicted molar refractivity (Wildman–Crippen MR) is 297 cm³/mol. The zero-order valence-corrected chi connectivity index (χ0v) is 50.4.